The minimum atomic E-state index is -4.33. The highest BCUT2D eigenvalue weighted by Gasteiger charge is 2.31. The first-order chi connectivity index (χ1) is 9.82. The molecule has 0 radical (unpaired) electrons. The first-order valence-electron chi connectivity index (χ1n) is 6.12. The maximum Gasteiger partial charge on any atom is 0.416 e. The maximum atomic E-state index is 12.9. The van der Waals surface area contributed by atoms with Crippen molar-refractivity contribution >= 4 is 38.5 Å². The number of benzene rings is 2. The summed E-state index contributed by atoms with van der Waals surface area (Å²) in [5, 5.41) is 3.09. The van der Waals surface area contributed by atoms with Gasteiger partial charge in [0.2, 0.25) is 0 Å². The Labute approximate surface area is 143 Å². The molecule has 0 fully saturated rings. The molecule has 0 aliphatic heterocycles. The Bertz CT molecular complexity index is 643. The number of alkyl halides is 3. The molecule has 0 aliphatic carbocycles. The molecule has 0 bridgehead atoms. The van der Waals surface area contributed by atoms with Crippen LogP contribution in [0.15, 0.2) is 46.9 Å². The summed E-state index contributed by atoms with van der Waals surface area (Å²) >= 11 is 5.59. The summed E-state index contributed by atoms with van der Waals surface area (Å²) in [4.78, 5) is 0. The van der Waals surface area contributed by atoms with E-state index in [0.29, 0.717) is 5.56 Å². The van der Waals surface area contributed by atoms with Gasteiger partial charge in [-0.25, -0.2) is 0 Å². The van der Waals surface area contributed by atoms with Gasteiger partial charge < -0.3 is 5.32 Å². The highest BCUT2D eigenvalue weighted by atomic mass is 127. The minimum Gasteiger partial charge on any atom is -0.309 e. The zero-order valence-corrected chi connectivity index (χ0v) is 14.8. The Morgan fingerprint density at radius 3 is 2.48 bits per heavy atom. The van der Waals surface area contributed by atoms with E-state index in [9.17, 15) is 13.2 Å². The Kier molecular flexibility index (Phi) is 5.32. The molecule has 0 spiro atoms. The second kappa shape index (κ2) is 6.66. The van der Waals surface area contributed by atoms with Crippen LogP contribution in [0.2, 0.25) is 0 Å². The lowest BCUT2D eigenvalue weighted by molar-refractivity contribution is -0.137. The molecule has 2 aromatic rings. The zero-order valence-electron chi connectivity index (χ0n) is 11.0. The number of hydrogen-bond donors (Lipinski definition) is 1. The van der Waals surface area contributed by atoms with Crippen molar-refractivity contribution in [3.63, 3.8) is 0 Å². The smallest absolute Gasteiger partial charge is 0.309 e. The summed E-state index contributed by atoms with van der Waals surface area (Å²) < 4.78 is 40.4. The van der Waals surface area contributed by atoms with Gasteiger partial charge in [-0.3, -0.25) is 0 Å². The molecule has 2 aromatic carbocycles. The second-order valence-corrected chi connectivity index (χ2v) is 6.59. The zero-order chi connectivity index (χ0) is 15.6. The van der Waals surface area contributed by atoms with Gasteiger partial charge in [0.15, 0.2) is 0 Å². The molecule has 0 amide bonds. The Hall–Kier alpha value is -0.600. The van der Waals surface area contributed by atoms with Gasteiger partial charge in [0.05, 0.1) is 11.6 Å². The predicted molar refractivity (Wildman–Crippen MR) is 89.2 cm³/mol. The molecular formula is C15H12BrF3IN. The third kappa shape index (κ3) is 3.98. The summed E-state index contributed by atoms with van der Waals surface area (Å²) in [6, 6.07) is 10.9. The molecule has 1 N–H and O–H groups in total. The van der Waals surface area contributed by atoms with Crippen molar-refractivity contribution < 1.29 is 13.2 Å². The molecule has 0 saturated heterocycles. The average molecular weight is 470 g/mol. The molecule has 0 saturated carbocycles. The van der Waals surface area contributed by atoms with Gasteiger partial charge in [0.1, 0.15) is 0 Å². The van der Waals surface area contributed by atoms with Crippen LogP contribution in [0.4, 0.5) is 13.2 Å². The summed E-state index contributed by atoms with van der Waals surface area (Å²) in [6.07, 6.45) is -4.33. The SMILES string of the molecule is CNC(c1cccc(C(F)(F)F)c1)c1cc(Br)ccc1I. The van der Waals surface area contributed by atoms with E-state index in [0.717, 1.165) is 19.7 Å². The van der Waals surface area contributed by atoms with Crippen LogP contribution in [0.3, 0.4) is 0 Å². The lowest BCUT2D eigenvalue weighted by atomic mass is 9.97. The highest BCUT2D eigenvalue weighted by molar-refractivity contribution is 14.1. The molecule has 0 aromatic heterocycles. The molecule has 6 heteroatoms. The van der Waals surface area contributed by atoms with Gasteiger partial charge in [-0.05, 0) is 71.1 Å². The van der Waals surface area contributed by atoms with Crippen LogP contribution >= 0.6 is 38.5 Å². The lowest BCUT2D eigenvalue weighted by Gasteiger charge is -2.20. The molecule has 0 aliphatic rings. The number of nitrogens with one attached hydrogen (secondary N) is 1. The summed E-state index contributed by atoms with van der Waals surface area (Å²) in [5.41, 5.74) is 0.889. The van der Waals surface area contributed by atoms with Crippen molar-refractivity contribution in [2.75, 3.05) is 7.05 Å². The first kappa shape index (κ1) is 16.8. The van der Waals surface area contributed by atoms with Gasteiger partial charge >= 0.3 is 6.18 Å². The summed E-state index contributed by atoms with van der Waals surface area (Å²) in [5.74, 6) is 0. The van der Waals surface area contributed by atoms with E-state index in [-0.39, 0.29) is 6.04 Å². The predicted octanol–water partition coefficient (Wildman–Crippen LogP) is 5.38. The Morgan fingerprint density at radius 2 is 1.86 bits per heavy atom. The van der Waals surface area contributed by atoms with Crippen LogP contribution in [0.5, 0.6) is 0 Å². The number of halogens is 5. The Balaban J connectivity index is 2.49. The van der Waals surface area contributed by atoms with Gasteiger partial charge in [0, 0.05) is 8.04 Å². The fraction of sp³-hybridized carbons (Fsp3) is 0.200. The standard InChI is InChI=1S/C15H12BrF3IN/c1-21-14(12-8-11(16)5-6-13(12)20)9-3-2-4-10(7-9)15(17,18)19/h2-8,14,21H,1H3. The molecule has 2 rings (SSSR count). The van der Waals surface area contributed by atoms with Crippen molar-refractivity contribution in [2.24, 2.45) is 0 Å². The normalized spacial score (nSPS) is 13.2. The summed E-state index contributed by atoms with van der Waals surface area (Å²) in [6.45, 7) is 0. The van der Waals surface area contributed by atoms with Crippen LogP contribution in [0, 0.1) is 3.57 Å². The fourth-order valence-electron chi connectivity index (χ4n) is 2.13. The largest absolute Gasteiger partial charge is 0.416 e. The van der Waals surface area contributed by atoms with Gasteiger partial charge in [0.25, 0.3) is 0 Å². The van der Waals surface area contributed by atoms with Crippen molar-refractivity contribution in [3.05, 3.63) is 67.2 Å². The molecule has 1 atom stereocenters. The van der Waals surface area contributed by atoms with E-state index in [2.05, 4.69) is 43.8 Å². The quantitative estimate of drug-likeness (QED) is 0.595. The monoisotopic (exact) mass is 469 g/mol. The van der Waals surface area contributed by atoms with Crippen molar-refractivity contribution in [1.29, 1.82) is 0 Å². The highest BCUT2D eigenvalue weighted by Crippen LogP contribution is 2.33. The van der Waals surface area contributed by atoms with E-state index in [1.54, 1.807) is 13.1 Å². The van der Waals surface area contributed by atoms with E-state index in [1.807, 2.05) is 18.2 Å². The van der Waals surface area contributed by atoms with Gasteiger partial charge in [-0.1, -0.05) is 28.1 Å². The lowest BCUT2D eigenvalue weighted by Crippen LogP contribution is -2.19. The van der Waals surface area contributed by atoms with Gasteiger partial charge in [-0.15, -0.1) is 0 Å². The van der Waals surface area contributed by atoms with Crippen molar-refractivity contribution in [3.8, 4) is 0 Å². The Morgan fingerprint density at radius 1 is 1.14 bits per heavy atom. The van der Waals surface area contributed by atoms with Crippen LogP contribution < -0.4 is 5.32 Å². The van der Waals surface area contributed by atoms with Crippen molar-refractivity contribution in [1.82, 2.24) is 5.32 Å². The number of rotatable bonds is 3. The average Bonchev–Trinajstić information content (AvgIpc) is 2.43. The van der Waals surface area contributed by atoms with E-state index in [4.69, 9.17) is 0 Å². The molecule has 112 valence electrons. The van der Waals surface area contributed by atoms with Crippen LogP contribution in [0.25, 0.3) is 0 Å². The van der Waals surface area contributed by atoms with E-state index < -0.39 is 11.7 Å². The van der Waals surface area contributed by atoms with Crippen molar-refractivity contribution in [2.45, 2.75) is 12.2 Å². The molecule has 1 unspecified atom stereocenters. The first-order valence-corrected chi connectivity index (χ1v) is 7.99. The van der Waals surface area contributed by atoms with Gasteiger partial charge in [-0.2, -0.15) is 13.2 Å². The molecule has 1 nitrogen and oxygen atoms in total. The fourth-order valence-corrected chi connectivity index (χ4v) is 3.16. The topological polar surface area (TPSA) is 12.0 Å². The third-order valence-corrected chi connectivity index (χ3v) is 4.58. The second-order valence-electron chi connectivity index (χ2n) is 4.51. The molecular weight excluding hydrogens is 458 g/mol. The van der Waals surface area contributed by atoms with Crippen LogP contribution in [0.1, 0.15) is 22.7 Å². The van der Waals surface area contributed by atoms with E-state index >= 15 is 0 Å². The molecule has 0 heterocycles. The van der Waals surface area contributed by atoms with Crippen LogP contribution in [-0.2, 0) is 6.18 Å². The van der Waals surface area contributed by atoms with E-state index in [1.165, 1.54) is 12.1 Å². The minimum absolute atomic E-state index is 0.295. The molecule has 21 heavy (non-hydrogen) atoms. The third-order valence-electron chi connectivity index (χ3n) is 3.11. The number of hydrogen-bond acceptors (Lipinski definition) is 1. The maximum absolute atomic E-state index is 12.9. The summed E-state index contributed by atoms with van der Waals surface area (Å²) in [7, 11) is 1.74. The van der Waals surface area contributed by atoms with Crippen LogP contribution in [-0.4, -0.2) is 7.05 Å².